The summed E-state index contributed by atoms with van der Waals surface area (Å²) in [4.78, 5) is 12.8. The van der Waals surface area contributed by atoms with Crippen molar-refractivity contribution in [3.8, 4) is 0 Å². The summed E-state index contributed by atoms with van der Waals surface area (Å²) in [6.07, 6.45) is -4.53. The van der Waals surface area contributed by atoms with Crippen molar-refractivity contribution in [2.45, 2.75) is 125 Å². The molecule has 0 spiro atoms. The molecule has 0 bridgehead atoms. The number of ether oxygens (including phenoxy) is 8. The molecule has 1 unspecified atom stereocenters. The maximum absolute atomic E-state index is 11.7. The third kappa shape index (κ3) is 5.33. The Balaban J connectivity index is 1.36. The van der Waals surface area contributed by atoms with Gasteiger partial charge < -0.3 is 37.9 Å². The van der Waals surface area contributed by atoms with Crippen LogP contribution in [0.2, 0.25) is 0 Å². The number of rotatable bonds is 5. The second-order valence-corrected chi connectivity index (χ2v) is 11.8. The average molecular weight is 525 g/mol. The van der Waals surface area contributed by atoms with Gasteiger partial charge in [0.2, 0.25) is 0 Å². The van der Waals surface area contributed by atoms with E-state index in [2.05, 4.69) is 0 Å². The van der Waals surface area contributed by atoms with Crippen LogP contribution in [0.3, 0.4) is 0 Å². The minimum Gasteiger partial charge on any atom is -0.457 e. The van der Waals surface area contributed by atoms with Crippen molar-refractivity contribution in [2.75, 3.05) is 0 Å². The molecule has 1 aromatic carbocycles. The third-order valence-corrected chi connectivity index (χ3v) is 7.88. The molecule has 1 aromatic rings. The lowest BCUT2D eigenvalue weighted by atomic mass is 9.98. The Kier molecular flexibility index (Phi) is 7.19. The first kappa shape index (κ1) is 26.4. The number of hydrogen-bond acceptors (Lipinski definition) is 10. The number of thioether (sulfide) groups is 1. The molecule has 4 fully saturated rings. The summed E-state index contributed by atoms with van der Waals surface area (Å²) >= 11 is 1.61. The molecule has 0 radical (unpaired) electrons. The monoisotopic (exact) mass is 524 g/mol. The van der Waals surface area contributed by atoms with Gasteiger partial charge in [0.25, 0.3) is 0 Å². The van der Waals surface area contributed by atoms with Crippen molar-refractivity contribution in [1.29, 1.82) is 0 Å². The summed E-state index contributed by atoms with van der Waals surface area (Å²) in [5.74, 6) is -2.08. The molecule has 9 nitrogen and oxygen atoms in total. The van der Waals surface area contributed by atoms with Crippen LogP contribution in [0.4, 0.5) is 0 Å². The highest BCUT2D eigenvalue weighted by Gasteiger charge is 2.60. The molecule has 0 N–H and O–H groups in total. The zero-order chi connectivity index (χ0) is 25.8. The second kappa shape index (κ2) is 9.81. The molecule has 36 heavy (non-hydrogen) atoms. The molecular weight excluding hydrogens is 488 g/mol. The van der Waals surface area contributed by atoms with Gasteiger partial charge in [-0.3, -0.25) is 4.79 Å². The number of carbonyl (C=O) groups excluding carboxylic acids is 1. The predicted octanol–water partition coefficient (Wildman–Crippen LogP) is 3.63. The van der Waals surface area contributed by atoms with Gasteiger partial charge in [0.1, 0.15) is 36.0 Å². The van der Waals surface area contributed by atoms with E-state index in [9.17, 15) is 4.79 Å². The van der Waals surface area contributed by atoms with Crippen molar-refractivity contribution >= 4 is 17.7 Å². The minimum absolute atomic E-state index is 0.272. The summed E-state index contributed by atoms with van der Waals surface area (Å²) in [5, 5.41) is 0. The Morgan fingerprint density at radius 1 is 0.806 bits per heavy atom. The SMILES string of the molecule is CC(=O)O[C@@H]1[C@H]2OC(C)(C)O[C@H]2C(O[C@@H]2[C@H]3OC(C)(C)O[C@H]3[C@H](Sc3ccccc3)O[C@H]2C)O[C@H]1C. The largest absolute Gasteiger partial charge is 0.457 e. The van der Waals surface area contributed by atoms with Gasteiger partial charge in [-0.25, -0.2) is 0 Å². The standard InChI is InChI=1S/C26H36O9S/c1-13-17(30-15(3)27)19-21(34-25(4,5)32-19)23(28-13)31-18-14(2)29-24(36-16-11-9-8-10-12-16)22-20(18)33-26(6,7)35-22/h8-14,17-24H,1-7H3/t13-,14-,17-,18-,19+,20+,21+,22+,23?,24-/m0/s1. The Morgan fingerprint density at radius 2 is 1.36 bits per heavy atom. The first-order valence-electron chi connectivity index (χ1n) is 12.5. The van der Waals surface area contributed by atoms with Gasteiger partial charge in [0, 0.05) is 11.8 Å². The van der Waals surface area contributed by atoms with Crippen molar-refractivity contribution in [1.82, 2.24) is 0 Å². The highest BCUT2D eigenvalue weighted by Crippen LogP contribution is 2.45. The molecule has 0 aromatic heterocycles. The van der Waals surface area contributed by atoms with Crippen LogP contribution < -0.4 is 0 Å². The molecule has 4 aliphatic heterocycles. The van der Waals surface area contributed by atoms with E-state index in [0.717, 1.165) is 4.90 Å². The van der Waals surface area contributed by atoms with Crippen LogP contribution in [0, 0.1) is 0 Å². The Hall–Kier alpha value is -1.24. The molecule has 0 aliphatic carbocycles. The van der Waals surface area contributed by atoms with Crippen molar-refractivity contribution in [3.05, 3.63) is 30.3 Å². The van der Waals surface area contributed by atoms with E-state index >= 15 is 0 Å². The van der Waals surface area contributed by atoms with Crippen LogP contribution in [-0.2, 0) is 42.7 Å². The minimum atomic E-state index is -0.883. The van der Waals surface area contributed by atoms with Gasteiger partial charge in [-0.05, 0) is 53.7 Å². The van der Waals surface area contributed by atoms with Gasteiger partial charge in [-0.2, -0.15) is 0 Å². The summed E-state index contributed by atoms with van der Waals surface area (Å²) in [6, 6.07) is 10.1. The van der Waals surface area contributed by atoms with Crippen LogP contribution in [0.1, 0.15) is 48.5 Å². The lowest BCUT2D eigenvalue weighted by Gasteiger charge is -2.45. The molecular formula is C26H36O9S. The van der Waals surface area contributed by atoms with Crippen molar-refractivity contribution in [3.63, 3.8) is 0 Å². The zero-order valence-corrected chi connectivity index (χ0v) is 22.6. The maximum atomic E-state index is 11.7. The van der Waals surface area contributed by atoms with E-state index in [1.165, 1.54) is 6.92 Å². The summed E-state index contributed by atoms with van der Waals surface area (Å²) in [7, 11) is 0. The van der Waals surface area contributed by atoms with Crippen LogP contribution >= 0.6 is 11.8 Å². The van der Waals surface area contributed by atoms with Crippen LogP contribution in [-0.4, -0.2) is 78.1 Å². The first-order valence-corrected chi connectivity index (χ1v) is 13.4. The van der Waals surface area contributed by atoms with E-state index in [4.69, 9.17) is 37.9 Å². The van der Waals surface area contributed by atoms with Gasteiger partial charge in [0.15, 0.2) is 24.0 Å². The van der Waals surface area contributed by atoms with E-state index in [1.807, 2.05) is 71.9 Å². The highest BCUT2D eigenvalue weighted by atomic mass is 32.2. The van der Waals surface area contributed by atoms with E-state index in [1.54, 1.807) is 11.8 Å². The number of fused-ring (bicyclic) bond motifs is 2. The molecule has 10 atom stereocenters. The summed E-state index contributed by atoms with van der Waals surface area (Å²) in [6.45, 7) is 12.6. The molecule has 0 amide bonds. The first-order chi connectivity index (χ1) is 16.9. The fourth-order valence-electron chi connectivity index (χ4n) is 5.37. The highest BCUT2D eigenvalue weighted by molar-refractivity contribution is 7.99. The van der Waals surface area contributed by atoms with E-state index < -0.39 is 54.4 Å². The average Bonchev–Trinajstić information content (AvgIpc) is 3.29. The quantitative estimate of drug-likeness (QED) is 0.532. The van der Waals surface area contributed by atoms with Crippen LogP contribution in [0.25, 0.3) is 0 Å². The predicted molar refractivity (Wildman–Crippen MR) is 129 cm³/mol. The molecule has 10 heteroatoms. The Morgan fingerprint density at radius 3 is 2.00 bits per heavy atom. The molecule has 200 valence electrons. The summed E-state index contributed by atoms with van der Waals surface area (Å²) < 4.78 is 49.8. The molecule has 0 saturated carbocycles. The molecule has 5 rings (SSSR count). The molecule has 4 heterocycles. The topological polar surface area (TPSA) is 90.9 Å². The lowest BCUT2D eigenvalue weighted by molar-refractivity contribution is -0.313. The fraction of sp³-hybridized carbons (Fsp3) is 0.731. The third-order valence-electron chi connectivity index (χ3n) is 6.72. The van der Waals surface area contributed by atoms with Crippen molar-refractivity contribution in [2.24, 2.45) is 0 Å². The Labute approximate surface area is 216 Å². The smallest absolute Gasteiger partial charge is 0.303 e. The normalized spacial score (nSPS) is 43.0. The second-order valence-electron chi connectivity index (χ2n) is 10.7. The number of benzene rings is 1. The van der Waals surface area contributed by atoms with Crippen molar-refractivity contribution < 1.29 is 42.7 Å². The van der Waals surface area contributed by atoms with Crippen LogP contribution in [0.5, 0.6) is 0 Å². The lowest BCUT2D eigenvalue weighted by Crippen LogP contribution is -2.61. The number of carbonyl (C=O) groups is 1. The molecule has 4 saturated heterocycles. The number of hydrogen-bond donors (Lipinski definition) is 0. The maximum Gasteiger partial charge on any atom is 0.303 e. The Bertz CT molecular complexity index is 941. The number of esters is 1. The van der Waals surface area contributed by atoms with Gasteiger partial charge in [-0.1, -0.05) is 30.0 Å². The zero-order valence-electron chi connectivity index (χ0n) is 21.7. The van der Waals surface area contributed by atoms with Gasteiger partial charge in [-0.15, -0.1) is 0 Å². The van der Waals surface area contributed by atoms with Gasteiger partial charge in [0.05, 0.1) is 12.2 Å². The fourth-order valence-corrected chi connectivity index (χ4v) is 6.52. The van der Waals surface area contributed by atoms with Gasteiger partial charge >= 0.3 is 5.97 Å². The summed E-state index contributed by atoms with van der Waals surface area (Å²) in [5.41, 5.74) is -0.272. The molecule has 4 aliphatic rings. The van der Waals surface area contributed by atoms with E-state index in [0.29, 0.717) is 0 Å². The van der Waals surface area contributed by atoms with E-state index in [-0.39, 0.29) is 23.7 Å². The van der Waals surface area contributed by atoms with Crippen LogP contribution in [0.15, 0.2) is 35.2 Å².